The molecular weight excluding hydrogens is 532 g/mol. The molecule has 0 saturated carbocycles. The molecule has 0 saturated heterocycles. The number of aliphatic hydroxyl groups excluding tert-OH is 1. The molecule has 1 aromatic carbocycles. The largest absolute Gasteiger partial charge is 0.394 e. The smallest absolute Gasteiger partial charge is 0.277 e. The Kier molecular flexibility index (Phi) is 7.95. The van der Waals surface area contributed by atoms with Crippen molar-refractivity contribution in [3.05, 3.63) is 68.7 Å². The molecule has 1 aromatic heterocycles. The van der Waals surface area contributed by atoms with Crippen molar-refractivity contribution in [3.63, 3.8) is 0 Å². The van der Waals surface area contributed by atoms with Crippen molar-refractivity contribution in [2.45, 2.75) is 6.10 Å². The second kappa shape index (κ2) is 10.7. The lowest BCUT2D eigenvalue weighted by atomic mass is 10.0. The SMILES string of the molecule is COC(c1ncc[nH]1)c1cc(C(=O)NOCCO)c(NC2=C(F)C=IC=C2)c(F)c1F. The molecule has 12 heteroatoms. The molecular formula is C19H18F3IN4O4. The Balaban J connectivity index is 2.10. The van der Waals surface area contributed by atoms with Crippen LogP contribution in [0.4, 0.5) is 18.9 Å². The van der Waals surface area contributed by atoms with Gasteiger partial charge in [0.15, 0.2) is 17.5 Å². The summed E-state index contributed by atoms with van der Waals surface area (Å²) in [5.74, 6) is -4.09. The van der Waals surface area contributed by atoms with E-state index in [1.54, 1.807) is 4.08 Å². The van der Waals surface area contributed by atoms with Crippen LogP contribution in [0.15, 0.2) is 40.1 Å². The van der Waals surface area contributed by atoms with Gasteiger partial charge in [0.1, 0.15) is 11.9 Å². The van der Waals surface area contributed by atoms with Gasteiger partial charge in [-0.15, -0.1) is 0 Å². The van der Waals surface area contributed by atoms with Gasteiger partial charge in [-0.2, -0.15) is 0 Å². The zero-order valence-corrected chi connectivity index (χ0v) is 18.2. The lowest BCUT2D eigenvalue weighted by Gasteiger charge is -2.20. The van der Waals surface area contributed by atoms with Gasteiger partial charge in [0.25, 0.3) is 5.91 Å². The molecule has 1 aliphatic rings. The number of aromatic nitrogens is 2. The molecule has 166 valence electrons. The zero-order valence-electron chi connectivity index (χ0n) is 16.1. The molecule has 8 nitrogen and oxygen atoms in total. The van der Waals surface area contributed by atoms with E-state index in [1.807, 2.05) is 5.48 Å². The minimum Gasteiger partial charge on any atom is -0.394 e. The minimum absolute atomic E-state index is 0.114. The fourth-order valence-electron chi connectivity index (χ4n) is 2.73. The van der Waals surface area contributed by atoms with Crippen LogP contribution in [0.5, 0.6) is 0 Å². The maximum absolute atomic E-state index is 15.1. The van der Waals surface area contributed by atoms with E-state index in [0.717, 1.165) is 6.07 Å². The number of carbonyl (C=O) groups is 1. The van der Waals surface area contributed by atoms with Crippen LogP contribution in [-0.4, -0.2) is 45.3 Å². The number of carbonyl (C=O) groups excluding carboxylic acids is 1. The number of methoxy groups -OCH3 is 1. The third-order valence-electron chi connectivity index (χ3n) is 4.10. The third-order valence-corrected chi connectivity index (χ3v) is 5.78. The maximum atomic E-state index is 15.1. The van der Waals surface area contributed by atoms with Gasteiger partial charge in [-0.05, 0) is 16.2 Å². The van der Waals surface area contributed by atoms with E-state index < -0.39 is 55.9 Å². The number of hydrogen-bond acceptors (Lipinski definition) is 6. The molecule has 0 bridgehead atoms. The van der Waals surface area contributed by atoms with Crippen LogP contribution in [0.3, 0.4) is 0 Å². The zero-order chi connectivity index (χ0) is 22.4. The number of amides is 1. The number of nitrogens with one attached hydrogen (secondary N) is 3. The predicted molar refractivity (Wildman–Crippen MR) is 115 cm³/mol. The van der Waals surface area contributed by atoms with E-state index in [2.05, 4.69) is 15.3 Å². The van der Waals surface area contributed by atoms with E-state index in [9.17, 15) is 9.18 Å². The minimum atomic E-state index is -1.41. The van der Waals surface area contributed by atoms with Crippen LogP contribution in [0.25, 0.3) is 0 Å². The maximum Gasteiger partial charge on any atom is 0.277 e. The van der Waals surface area contributed by atoms with Gasteiger partial charge < -0.3 is 20.1 Å². The Morgan fingerprint density at radius 3 is 2.81 bits per heavy atom. The fourth-order valence-corrected chi connectivity index (χ4v) is 4.15. The topological polar surface area (TPSA) is 108 Å². The van der Waals surface area contributed by atoms with Gasteiger partial charge in [0.2, 0.25) is 0 Å². The Bertz CT molecular complexity index is 1040. The van der Waals surface area contributed by atoms with Gasteiger partial charge in [-0.1, -0.05) is 20.7 Å². The number of hydroxylamine groups is 1. The van der Waals surface area contributed by atoms with Crippen molar-refractivity contribution in [2.24, 2.45) is 0 Å². The van der Waals surface area contributed by atoms with Crippen LogP contribution in [-0.2, 0) is 9.57 Å². The summed E-state index contributed by atoms with van der Waals surface area (Å²) in [5.41, 5.74) is 0.665. The summed E-state index contributed by atoms with van der Waals surface area (Å²) in [4.78, 5) is 24.2. The first-order chi connectivity index (χ1) is 15.0. The number of anilines is 1. The second-order valence-corrected chi connectivity index (χ2v) is 8.09. The van der Waals surface area contributed by atoms with E-state index in [-0.39, 0.29) is 35.9 Å². The van der Waals surface area contributed by atoms with Crippen LogP contribution in [0.1, 0.15) is 27.8 Å². The number of rotatable bonds is 9. The lowest BCUT2D eigenvalue weighted by molar-refractivity contribution is 0.0168. The van der Waals surface area contributed by atoms with Crippen LogP contribution in [0.2, 0.25) is 0 Å². The number of aliphatic hydroxyl groups is 1. The lowest BCUT2D eigenvalue weighted by Crippen LogP contribution is -2.27. The van der Waals surface area contributed by atoms with Crippen molar-refractivity contribution in [1.29, 1.82) is 0 Å². The van der Waals surface area contributed by atoms with E-state index >= 15 is 8.78 Å². The Labute approximate surface area is 184 Å². The van der Waals surface area contributed by atoms with E-state index in [0.29, 0.717) is 0 Å². The molecule has 0 aliphatic carbocycles. The quantitative estimate of drug-likeness (QED) is 0.217. The average Bonchev–Trinajstić information content (AvgIpc) is 3.29. The summed E-state index contributed by atoms with van der Waals surface area (Å²) in [6, 6.07) is 1.07. The molecule has 3 rings (SSSR count). The fraction of sp³-hybridized carbons (Fsp3) is 0.211. The number of halogens is 4. The molecule has 0 radical (unpaired) electrons. The van der Waals surface area contributed by atoms with Crippen LogP contribution < -0.4 is 10.8 Å². The highest BCUT2D eigenvalue weighted by Crippen LogP contribution is 2.34. The first kappa shape index (κ1) is 23.1. The second-order valence-electron chi connectivity index (χ2n) is 6.02. The van der Waals surface area contributed by atoms with Gasteiger partial charge in [0, 0.05) is 29.1 Å². The highest BCUT2D eigenvalue weighted by atomic mass is 127. The molecule has 1 aliphatic heterocycles. The molecule has 1 amide bonds. The molecule has 0 spiro atoms. The summed E-state index contributed by atoms with van der Waals surface area (Å²) in [5, 5.41) is 11.3. The van der Waals surface area contributed by atoms with Gasteiger partial charge in [-0.3, -0.25) is 9.63 Å². The number of benzene rings is 1. The van der Waals surface area contributed by atoms with Crippen molar-refractivity contribution in [1.82, 2.24) is 15.4 Å². The summed E-state index contributed by atoms with van der Waals surface area (Å²) >= 11 is -0.608. The number of ether oxygens (including phenoxy) is 1. The van der Waals surface area contributed by atoms with Gasteiger partial charge in [0.05, 0.1) is 30.2 Å². The molecule has 4 N–H and O–H groups in total. The molecule has 2 aromatic rings. The number of allylic oxidation sites excluding steroid dienone is 2. The number of H-pyrrole nitrogens is 1. The molecule has 1 unspecified atom stereocenters. The van der Waals surface area contributed by atoms with E-state index in [1.165, 1.54) is 29.6 Å². The summed E-state index contributed by atoms with van der Waals surface area (Å²) < 4.78 is 52.6. The third kappa shape index (κ3) is 5.20. The summed E-state index contributed by atoms with van der Waals surface area (Å²) in [6.45, 7) is -0.597. The van der Waals surface area contributed by atoms with Gasteiger partial charge >= 0.3 is 0 Å². The van der Waals surface area contributed by atoms with Crippen molar-refractivity contribution < 1.29 is 32.6 Å². The van der Waals surface area contributed by atoms with Crippen molar-refractivity contribution in [3.8, 4) is 0 Å². The standard InChI is InChI=1S/C19H18F3IN4O4/c1-30-17(18-24-4-5-25-18)10-8-11(19(29)27-31-7-6-28)16(15(22)14(10)21)26-13-2-3-23-9-12(13)20/h2-5,8-9,17,26,28H,6-7H2,1H3,(H,24,25)(H,27,29). The summed E-state index contributed by atoms with van der Waals surface area (Å²) in [7, 11) is 1.27. The Hall–Kier alpha value is -2.55. The molecule has 1 atom stereocenters. The first-order valence-corrected chi connectivity index (χ1v) is 11.3. The number of imidazole rings is 1. The Morgan fingerprint density at radius 2 is 2.16 bits per heavy atom. The van der Waals surface area contributed by atoms with Crippen molar-refractivity contribution >= 4 is 36.3 Å². The monoisotopic (exact) mass is 550 g/mol. The highest BCUT2D eigenvalue weighted by molar-refractivity contribution is 14.2. The van der Waals surface area contributed by atoms with Crippen LogP contribution in [0, 0.1) is 11.6 Å². The van der Waals surface area contributed by atoms with Crippen molar-refractivity contribution in [2.75, 3.05) is 25.6 Å². The van der Waals surface area contributed by atoms with Crippen LogP contribution >= 0.6 is 20.7 Å². The highest BCUT2D eigenvalue weighted by Gasteiger charge is 2.29. The normalized spacial score (nSPS) is 14.4. The average molecular weight is 550 g/mol. The predicted octanol–water partition coefficient (Wildman–Crippen LogP) is 2.97. The molecule has 2 heterocycles. The number of hydrogen-bond donors (Lipinski definition) is 4. The first-order valence-electron chi connectivity index (χ1n) is 8.83. The molecule has 31 heavy (non-hydrogen) atoms. The number of aromatic amines is 1. The molecule has 0 fully saturated rings. The number of nitrogens with zero attached hydrogens (tertiary/aromatic N) is 1. The van der Waals surface area contributed by atoms with E-state index in [4.69, 9.17) is 14.7 Å². The Morgan fingerprint density at radius 1 is 1.35 bits per heavy atom. The summed E-state index contributed by atoms with van der Waals surface area (Å²) in [6.07, 6.45) is 3.14. The van der Waals surface area contributed by atoms with Gasteiger partial charge in [-0.25, -0.2) is 23.6 Å².